The second-order valence-corrected chi connectivity index (χ2v) is 5.37. The van der Waals surface area contributed by atoms with E-state index in [0.29, 0.717) is 5.02 Å². The van der Waals surface area contributed by atoms with Crippen molar-refractivity contribution in [2.45, 2.75) is 13.8 Å². The SMILES string of the molecule is Cc1nn(-c2ccc(C(=N)N)c3ccccc23)c(C)c1Cl. The van der Waals surface area contributed by atoms with Gasteiger partial charge in [-0.25, -0.2) is 4.68 Å². The van der Waals surface area contributed by atoms with Crippen LogP contribution in [0, 0.1) is 19.3 Å². The van der Waals surface area contributed by atoms with Gasteiger partial charge >= 0.3 is 0 Å². The van der Waals surface area contributed by atoms with Crippen LogP contribution in [-0.2, 0) is 0 Å². The predicted molar refractivity (Wildman–Crippen MR) is 86.6 cm³/mol. The average Bonchev–Trinajstić information content (AvgIpc) is 2.73. The molecule has 0 radical (unpaired) electrons. The van der Waals surface area contributed by atoms with E-state index in [2.05, 4.69) is 5.10 Å². The third-order valence-corrected chi connectivity index (χ3v) is 4.17. The van der Waals surface area contributed by atoms with Gasteiger partial charge in [-0.2, -0.15) is 5.10 Å². The number of nitrogens with one attached hydrogen (secondary N) is 1. The topological polar surface area (TPSA) is 67.7 Å². The van der Waals surface area contributed by atoms with Crippen LogP contribution in [-0.4, -0.2) is 15.6 Å². The number of hydrogen-bond donors (Lipinski definition) is 2. The number of aromatic nitrogens is 2. The molecule has 0 aliphatic rings. The number of rotatable bonds is 2. The number of nitrogens with two attached hydrogens (primary N) is 1. The fraction of sp³-hybridized carbons (Fsp3) is 0.125. The molecule has 0 fully saturated rings. The van der Waals surface area contributed by atoms with Crippen molar-refractivity contribution < 1.29 is 0 Å². The van der Waals surface area contributed by atoms with Crippen LogP contribution in [0.15, 0.2) is 36.4 Å². The molecule has 0 unspecified atom stereocenters. The van der Waals surface area contributed by atoms with Crippen LogP contribution < -0.4 is 5.73 Å². The Kier molecular flexibility index (Phi) is 3.18. The first-order chi connectivity index (χ1) is 10.0. The Hall–Kier alpha value is -2.33. The van der Waals surface area contributed by atoms with E-state index in [-0.39, 0.29) is 5.84 Å². The highest BCUT2D eigenvalue weighted by atomic mass is 35.5. The van der Waals surface area contributed by atoms with Crippen LogP contribution in [0.5, 0.6) is 0 Å². The van der Waals surface area contributed by atoms with Gasteiger partial charge in [-0.3, -0.25) is 5.41 Å². The average molecular weight is 299 g/mol. The van der Waals surface area contributed by atoms with Crippen LogP contribution in [0.1, 0.15) is 17.0 Å². The monoisotopic (exact) mass is 298 g/mol. The molecule has 2 aromatic carbocycles. The van der Waals surface area contributed by atoms with Crippen LogP contribution >= 0.6 is 11.6 Å². The van der Waals surface area contributed by atoms with Gasteiger partial charge in [0.25, 0.3) is 0 Å². The Morgan fingerprint density at radius 1 is 1.14 bits per heavy atom. The van der Waals surface area contributed by atoms with Gasteiger partial charge in [-0.1, -0.05) is 35.9 Å². The van der Waals surface area contributed by atoms with E-state index in [1.807, 2.05) is 54.9 Å². The number of nitrogens with zero attached hydrogens (tertiary/aromatic N) is 2. The first kappa shape index (κ1) is 13.6. The summed E-state index contributed by atoms with van der Waals surface area (Å²) in [6.45, 7) is 3.83. The summed E-state index contributed by atoms with van der Waals surface area (Å²) < 4.78 is 1.84. The summed E-state index contributed by atoms with van der Waals surface area (Å²) in [5.74, 6) is 0.0594. The number of fused-ring (bicyclic) bond motifs is 1. The summed E-state index contributed by atoms with van der Waals surface area (Å²) in [5, 5.41) is 14.8. The molecule has 106 valence electrons. The lowest BCUT2D eigenvalue weighted by molar-refractivity contribution is 0.839. The van der Waals surface area contributed by atoms with Gasteiger partial charge in [-0.15, -0.1) is 0 Å². The molecule has 3 N–H and O–H groups in total. The second-order valence-electron chi connectivity index (χ2n) is 4.99. The quantitative estimate of drug-likeness (QED) is 0.561. The summed E-state index contributed by atoms with van der Waals surface area (Å²) in [6.07, 6.45) is 0. The molecule has 0 saturated heterocycles. The van der Waals surface area contributed by atoms with E-state index in [1.54, 1.807) is 0 Å². The fourth-order valence-corrected chi connectivity index (χ4v) is 2.68. The van der Waals surface area contributed by atoms with E-state index in [4.69, 9.17) is 22.7 Å². The second kappa shape index (κ2) is 4.90. The van der Waals surface area contributed by atoms with Gasteiger partial charge in [0.15, 0.2) is 0 Å². The van der Waals surface area contributed by atoms with Crippen molar-refractivity contribution >= 4 is 28.2 Å². The highest BCUT2D eigenvalue weighted by Crippen LogP contribution is 2.29. The van der Waals surface area contributed by atoms with Gasteiger partial charge in [0.1, 0.15) is 5.84 Å². The number of hydrogen-bond acceptors (Lipinski definition) is 2. The fourth-order valence-electron chi connectivity index (χ4n) is 2.56. The van der Waals surface area contributed by atoms with Gasteiger partial charge < -0.3 is 5.73 Å². The van der Waals surface area contributed by atoms with Crippen LogP contribution in [0.25, 0.3) is 16.5 Å². The smallest absolute Gasteiger partial charge is 0.123 e. The third-order valence-electron chi connectivity index (χ3n) is 3.62. The highest BCUT2D eigenvalue weighted by Gasteiger charge is 2.14. The first-order valence-corrected chi connectivity index (χ1v) is 6.96. The lowest BCUT2D eigenvalue weighted by Gasteiger charge is -2.12. The Bertz CT molecular complexity index is 864. The zero-order valence-electron chi connectivity index (χ0n) is 11.8. The van der Waals surface area contributed by atoms with Gasteiger partial charge in [-0.05, 0) is 31.4 Å². The van der Waals surface area contributed by atoms with Crippen molar-refractivity contribution in [2.75, 3.05) is 0 Å². The Morgan fingerprint density at radius 3 is 2.38 bits per heavy atom. The summed E-state index contributed by atoms with van der Waals surface area (Å²) in [5.41, 5.74) is 9.02. The minimum Gasteiger partial charge on any atom is -0.384 e. The maximum atomic E-state index is 7.71. The van der Waals surface area contributed by atoms with E-state index in [0.717, 1.165) is 33.4 Å². The van der Waals surface area contributed by atoms with Crippen molar-refractivity contribution in [3.8, 4) is 5.69 Å². The maximum absolute atomic E-state index is 7.71. The summed E-state index contributed by atoms with van der Waals surface area (Å²) >= 11 is 6.24. The summed E-state index contributed by atoms with van der Waals surface area (Å²) in [7, 11) is 0. The van der Waals surface area contributed by atoms with Crippen LogP contribution in [0.2, 0.25) is 5.02 Å². The molecule has 0 amide bonds. The number of halogens is 1. The molecule has 0 bridgehead atoms. The third kappa shape index (κ3) is 2.08. The molecule has 21 heavy (non-hydrogen) atoms. The maximum Gasteiger partial charge on any atom is 0.123 e. The largest absolute Gasteiger partial charge is 0.384 e. The molecule has 0 aliphatic heterocycles. The normalized spacial score (nSPS) is 11.0. The molecule has 0 aliphatic carbocycles. The Labute approximate surface area is 127 Å². The minimum absolute atomic E-state index is 0.0594. The van der Waals surface area contributed by atoms with Crippen LogP contribution in [0.3, 0.4) is 0 Å². The van der Waals surface area contributed by atoms with Gasteiger partial charge in [0, 0.05) is 10.9 Å². The molecule has 0 atom stereocenters. The molecule has 0 spiro atoms. The van der Waals surface area contributed by atoms with E-state index in [1.165, 1.54) is 0 Å². The Balaban J connectivity index is 2.37. The molecular formula is C16H15ClN4. The number of amidine groups is 1. The zero-order chi connectivity index (χ0) is 15.1. The minimum atomic E-state index is 0.0594. The van der Waals surface area contributed by atoms with Gasteiger partial charge in [0.05, 0.1) is 22.1 Å². The lowest BCUT2D eigenvalue weighted by atomic mass is 10.0. The summed E-state index contributed by atoms with van der Waals surface area (Å²) in [6, 6.07) is 11.6. The lowest BCUT2D eigenvalue weighted by Crippen LogP contribution is -2.12. The number of aryl methyl sites for hydroxylation is 1. The molecule has 1 heterocycles. The molecule has 1 aromatic heterocycles. The molecule has 3 aromatic rings. The molecule has 4 nitrogen and oxygen atoms in total. The van der Waals surface area contributed by atoms with Crippen molar-refractivity contribution in [3.63, 3.8) is 0 Å². The number of benzene rings is 2. The Morgan fingerprint density at radius 2 is 1.81 bits per heavy atom. The zero-order valence-corrected chi connectivity index (χ0v) is 12.6. The molecule has 3 rings (SSSR count). The van der Waals surface area contributed by atoms with Crippen molar-refractivity contribution in [2.24, 2.45) is 5.73 Å². The highest BCUT2D eigenvalue weighted by molar-refractivity contribution is 6.31. The van der Waals surface area contributed by atoms with Crippen molar-refractivity contribution in [3.05, 3.63) is 58.4 Å². The van der Waals surface area contributed by atoms with E-state index >= 15 is 0 Å². The van der Waals surface area contributed by atoms with Crippen molar-refractivity contribution in [1.29, 1.82) is 5.41 Å². The van der Waals surface area contributed by atoms with E-state index < -0.39 is 0 Å². The molecule has 0 saturated carbocycles. The molecule has 5 heteroatoms. The van der Waals surface area contributed by atoms with Crippen molar-refractivity contribution in [1.82, 2.24) is 9.78 Å². The van der Waals surface area contributed by atoms with Crippen LogP contribution in [0.4, 0.5) is 0 Å². The summed E-state index contributed by atoms with van der Waals surface area (Å²) in [4.78, 5) is 0. The first-order valence-electron chi connectivity index (χ1n) is 6.59. The molecular weight excluding hydrogens is 284 g/mol. The predicted octanol–water partition coefficient (Wildman–Crippen LogP) is 3.58. The van der Waals surface area contributed by atoms with E-state index in [9.17, 15) is 0 Å². The number of nitrogen functional groups attached to an aromatic ring is 1. The standard InChI is InChI=1S/C16H15ClN4/c1-9-15(17)10(2)21(20-9)14-8-7-13(16(18)19)11-5-3-4-6-12(11)14/h3-8H,1-2H3,(H3,18,19). The van der Waals surface area contributed by atoms with Gasteiger partial charge in [0.2, 0.25) is 0 Å².